The SMILES string of the molecule is COC(=O)CN(C)c1c(F)cc(C(N)=S)cc1F. The van der Waals surface area contributed by atoms with E-state index in [4.69, 9.17) is 5.73 Å². The fraction of sp³-hybridized carbons (Fsp3) is 0.273. The van der Waals surface area contributed by atoms with Crippen LogP contribution >= 0.6 is 12.2 Å². The second-order valence-electron chi connectivity index (χ2n) is 3.58. The van der Waals surface area contributed by atoms with Gasteiger partial charge in [0, 0.05) is 12.6 Å². The summed E-state index contributed by atoms with van der Waals surface area (Å²) in [5.41, 5.74) is 5.05. The molecule has 7 heteroatoms. The molecule has 0 heterocycles. The van der Waals surface area contributed by atoms with Crippen molar-refractivity contribution in [1.29, 1.82) is 0 Å². The molecule has 1 rings (SSSR count). The molecule has 18 heavy (non-hydrogen) atoms. The summed E-state index contributed by atoms with van der Waals surface area (Å²) in [5.74, 6) is -2.29. The number of rotatable bonds is 4. The molecule has 98 valence electrons. The lowest BCUT2D eigenvalue weighted by Gasteiger charge is -2.19. The van der Waals surface area contributed by atoms with E-state index in [0.29, 0.717) is 0 Å². The number of likely N-dealkylation sites (N-methyl/N-ethyl adjacent to an activating group) is 1. The van der Waals surface area contributed by atoms with Gasteiger partial charge < -0.3 is 15.4 Å². The van der Waals surface area contributed by atoms with Crippen molar-refractivity contribution in [1.82, 2.24) is 0 Å². The molecule has 0 bridgehead atoms. The molecule has 4 nitrogen and oxygen atoms in total. The number of methoxy groups -OCH3 is 1. The van der Waals surface area contributed by atoms with Crippen molar-refractivity contribution in [3.8, 4) is 0 Å². The highest BCUT2D eigenvalue weighted by molar-refractivity contribution is 7.80. The molecule has 0 fully saturated rings. The van der Waals surface area contributed by atoms with E-state index < -0.39 is 17.6 Å². The summed E-state index contributed by atoms with van der Waals surface area (Å²) in [4.78, 5) is 12.1. The number of carbonyl (C=O) groups is 1. The van der Waals surface area contributed by atoms with Gasteiger partial charge in [-0.1, -0.05) is 12.2 Å². The normalized spacial score (nSPS) is 10.0. The molecule has 0 radical (unpaired) electrons. The lowest BCUT2D eigenvalue weighted by atomic mass is 10.1. The summed E-state index contributed by atoms with van der Waals surface area (Å²) in [7, 11) is 2.57. The third-order valence-corrected chi connectivity index (χ3v) is 2.51. The Labute approximate surface area is 108 Å². The zero-order chi connectivity index (χ0) is 13.9. The van der Waals surface area contributed by atoms with Gasteiger partial charge in [0.25, 0.3) is 0 Å². The van der Waals surface area contributed by atoms with Gasteiger partial charge in [0.05, 0.1) is 7.11 Å². The molecule has 0 atom stereocenters. The van der Waals surface area contributed by atoms with Crippen LogP contribution in [-0.2, 0) is 9.53 Å². The van der Waals surface area contributed by atoms with Crippen molar-refractivity contribution in [3.05, 3.63) is 29.3 Å². The van der Waals surface area contributed by atoms with Gasteiger partial charge in [0.1, 0.15) is 28.9 Å². The van der Waals surface area contributed by atoms with Gasteiger partial charge in [-0.05, 0) is 12.1 Å². The van der Waals surface area contributed by atoms with Crippen LogP contribution in [0.4, 0.5) is 14.5 Å². The van der Waals surface area contributed by atoms with Gasteiger partial charge in [-0.15, -0.1) is 0 Å². The van der Waals surface area contributed by atoms with Crippen LogP contribution in [-0.4, -0.2) is 31.7 Å². The van der Waals surface area contributed by atoms with Crippen LogP contribution < -0.4 is 10.6 Å². The van der Waals surface area contributed by atoms with Crippen LogP contribution in [0.15, 0.2) is 12.1 Å². The molecule has 1 aromatic carbocycles. The Bertz CT molecular complexity index is 471. The van der Waals surface area contributed by atoms with Crippen molar-refractivity contribution in [2.45, 2.75) is 0 Å². The van der Waals surface area contributed by atoms with E-state index in [9.17, 15) is 13.6 Å². The smallest absolute Gasteiger partial charge is 0.325 e. The molecular formula is C11H12F2N2O2S. The summed E-state index contributed by atoms with van der Waals surface area (Å²) in [5, 5.41) is 0. The highest BCUT2D eigenvalue weighted by Gasteiger charge is 2.18. The number of anilines is 1. The van der Waals surface area contributed by atoms with E-state index in [1.54, 1.807) is 0 Å². The average molecular weight is 274 g/mol. The fourth-order valence-electron chi connectivity index (χ4n) is 1.41. The minimum atomic E-state index is -0.843. The second kappa shape index (κ2) is 5.72. The van der Waals surface area contributed by atoms with Gasteiger partial charge in [-0.25, -0.2) is 8.78 Å². The summed E-state index contributed by atoms with van der Waals surface area (Å²) in [6.45, 7) is -0.267. The van der Waals surface area contributed by atoms with Crippen LogP contribution in [0.25, 0.3) is 0 Å². The van der Waals surface area contributed by atoms with E-state index >= 15 is 0 Å². The Balaban J connectivity index is 3.10. The van der Waals surface area contributed by atoms with Crippen molar-refractivity contribution < 1.29 is 18.3 Å². The van der Waals surface area contributed by atoms with Gasteiger partial charge >= 0.3 is 5.97 Å². The van der Waals surface area contributed by atoms with Crippen LogP contribution in [0, 0.1) is 11.6 Å². The minimum absolute atomic E-state index is 0.0928. The molecule has 0 aliphatic rings. The molecule has 0 spiro atoms. The number of halogens is 2. The Kier molecular flexibility index (Phi) is 4.55. The number of thiocarbonyl (C=S) groups is 1. The number of esters is 1. The van der Waals surface area contributed by atoms with Gasteiger partial charge in [0.15, 0.2) is 0 Å². The fourth-order valence-corrected chi connectivity index (χ4v) is 1.53. The molecule has 2 N–H and O–H groups in total. The Morgan fingerprint density at radius 2 is 1.94 bits per heavy atom. The summed E-state index contributed by atoms with van der Waals surface area (Å²) < 4.78 is 31.9. The van der Waals surface area contributed by atoms with Crippen LogP contribution in [0.3, 0.4) is 0 Å². The third-order valence-electron chi connectivity index (χ3n) is 2.28. The summed E-state index contributed by atoms with van der Waals surface area (Å²) in [6, 6.07) is 2.04. The molecule has 0 saturated heterocycles. The van der Waals surface area contributed by atoms with Gasteiger partial charge in [0.2, 0.25) is 0 Å². The molecular weight excluding hydrogens is 262 g/mol. The Morgan fingerprint density at radius 3 is 2.33 bits per heavy atom. The number of hydrogen-bond acceptors (Lipinski definition) is 4. The summed E-state index contributed by atoms with van der Waals surface area (Å²) >= 11 is 4.64. The predicted octanol–water partition coefficient (Wildman–Crippen LogP) is 1.21. The first-order valence-electron chi connectivity index (χ1n) is 4.93. The Hall–Kier alpha value is -1.76. The molecule has 1 aromatic rings. The number of nitrogens with zero attached hydrogens (tertiary/aromatic N) is 1. The summed E-state index contributed by atoms with van der Waals surface area (Å²) in [6.07, 6.45) is 0. The zero-order valence-corrected chi connectivity index (χ0v) is 10.7. The maximum atomic E-state index is 13.7. The third kappa shape index (κ3) is 3.13. The van der Waals surface area contributed by atoms with Crippen LogP contribution in [0.2, 0.25) is 0 Å². The number of ether oxygens (including phenoxy) is 1. The van der Waals surface area contributed by atoms with E-state index in [1.807, 2.05) is 0 Å². The number of benzene rings is 1. The number of carbonyl (C=O) groups excluding carboxylic acids is 1. The first-order valence-corrected chi connectivity index (χ1v) is 5.34. The Morgan fingerprint density at radius 1 is 1.44 bits per heavy atom. The van der Waals surface area contributed by atoms with Crippen molar-refractivity contribution in [3.63, 3.8) is 0 Å². The van der Waals surface area contributed by atoms with E-state index in [-0.39, 0.29) is 22.8 Å². The monoisotopic (exact) mass is 274 g/mol. The number of hydrogen-bond donors (Lipinski definition) is 1. The molecule has 0 unspecified atom stereocenters. The van der Waals surface area contributed by atoms with E-state index in [2.05, 4.69) is 17.0 Å². The standard InChI is InChI=1S/C11H12F2N2O2S/c1-15(5-9(16)17-2)10-7(12)3-6(11(14)18)4-8(10)13/h3-4H,5H2,1-2H3,(H2,14,18). The quantitative estimate of drug-likeness (QED) is 0.660. The number of nitrogens with two attached hydrogens (primary N) is 1. The topological polar surface area (TPSA) is 55.6 Å². The van der Waals surface area contributed by atoms with Crippen molar-refractivity contribution >= 4 is 28.9 Å². The van der Waals surface area contributed by atoms with Crippen LogP contribution in [0.1, 0.15) is 5.56 Å². The second-order valence-corrected chi connectivity index (χ2v) is 4.02. The first kappa shape index (κ1) is 14.3. The molecule has 0 saturated carbocycles. The lowest BCUT2D eigenvalue weighted by molar-refractivity contribution is -0.138. The lowest BCUT2D eigenvalue weighted by Crippen LogP contribution is -2.28. The highest BCUT2D eigenvalue weighted by atomic mass is 32.1. The predicted molar refractivity (Wildman–Crippen MR) is 67.5 cm³/mol. The zero-order valence-electron chi connectivity index (χ0n) is 9.87. The van der Waals surface area contributed by atoms with E-state index in [0.717, 1.165) is 17.0 Å². The van der Waals surface area contributed by atoms with E-state index in [1.165, 1.54) is 14.2 Å². The maximum absolute atomic E-state index is 13.7. The molecule has 0 aliphatic carbocycles. The first-order chi connectivity index (χ1) is 8.36. The largest absolute Gasteiger partial charge is 0.468 e. The molecule has 0 aliphatic heterocycles. The molecule has 0 amide bonds. The molecule has 0 aromatic heterocycles. The maximum Gasteiger partial charge on any atom is 0.325 e. The van der Waals surface area contributed by atoms with Gasteiger partial charge in [-0.3, -0.25) is 4.79 Å². The average Bonchev–Trinajstić information content (AvgIpc) is 2.27. The van der Waals surface area contributed by atoms with Crippen molar-refractivity contribution in [2.75, 3.05) is 25.6 Å². The highest BCUT2D eigenvalue weighted by Crippen LogP contribution is 2.24. The van der Waals surface area contributed by atoms with Crippen molar-refractivity contribution in [2.24, 2.45) is 5.73 Å². The van der Waals surface area contributed by atoms with Gasteiger partial charge in [-0.2, -0.15) is 0 Å². The van der Waals surface area contributed by atoms with Crippen LogP contribution in [0.5, 0.6) is 0 Å². The minimum Gasteiger partial charge on any atom is -0.468 e.